The first-order valence-electron chi connectivity index (χ1n) is 9.73. The minimum Gasteiger partial charge on any atom is -0.507 e. The number of halogens is 2. The van der Waals surface area contributed by atoms with Crippen LogP contribution in [0.1, 0.15) is 31.0 Å². The number of hydrogen-bond donors (Lipinski definition) is 1. The van der Waals surface area contributed by atoms with Crippen molar-refractivity contribution in [1.82, 2.24) is 4.57 Å². The summed E-state index contributed by atoms with van der Waals surface area (Å²) in [6, 6.07) is 11.8. The molecule has 2 aromatic carbocycles. The van der Waals surface area contributed by atoms with Gasteiger partial charge < -0.3 is 9.84 Å². The first-order chi connectivity index (χ1) is 15.3. The van der Waals surface area contributed by atoms with Crippen molar-refractivity contribution in [3.63, 3.8) is 0 Å². The minimum atomic E-state index is -0.670. The fraction of sp³-hybridized carbons (Fsp3) is 0.174. The van der Waals surface area contributed by atoms with Crippen molar-refractivity contribution in [3.8, 4) is 5.75 Å². The van der Waals surface area contributed by atoms with Crippen LogP contribution in [0.4, 0.5) is 0 Å². The molecule has 1 aromatic heterocycles. The predicted molar refractivity (Wildman–Crippen MR) is 130 cm³/mol. The molecule has 1 aliphatic rings. The second-order valence-corrected chi connectivity index (χ2v) is 9.90. The third-order valence-electron chi connectivity index (χ3n) is 4.98. The summed E-state index contributed by atoms with van der Waals surface area (Å²) >= 11 is 8.03. The van der Waals surface area contributed by atoms with Gasteiger partial charge in [-0.1, -0.05) is 55.3 Å². The number of hydrogen-bond acceptors (Lipinski definition) is 6. The van der Waals surface area contributed by atoms with Crippen LogP contribution in [-0.2, 0) is 9.53 Å². The largest absolute Gasteiger partial charge is 0.507 e. The van der Waals surface area contributed by atoms with Gasteiger partial charge in [-0.15, -0.1) is 0 Å². The number of nitrogens with zero attached hydrogens (tertiary/aromatic N) is 2. The molecular formula is C23H18Br2N2O4S. The number of thiazole rings is 1. The number of rotatable bonds is 4. The molecule has 1 atom stereocenters. The van der Waals surface area contributed by atoms with Gasteiger partial charge >= 0.3 is 5.97 Å². The van der Waals surface area contributed by atoms with E-state index in [0.717, 1.165) is 14.5 Å². The quantitative estimate of drug-likeness (QED) is 0.475. The Bertz CT molecular complexity index is 1420. The van der Waals surface area contributed by atoms with Gasteiger partial charge in [0.15, 0.2) is 4.80 Å². The smallest absolute Gasteiger partial charge is 0.338 e. The number of esters is 1. The molecule has 0 amide bonds. The monoisotopic (exact) mass is 576 g/mol. The van der Waals surface area contributed by atoms with Crippen LogP contribution < -0.4 is 14.9 Å². The van der Waals surface area contributed by atoms with E-state index in [1.165, 1.54) is 15.9 Å². The van der Waals surface area contributed by atoms with Crippen LogP contribution in [0.15, 0.2) is 72.5 Å². The molecular weight excluding hydrogens is 560 g/mol. The molecule has 1 aliphatic heterocycles. The lowest BCUT2D eigenvalue weighted by Gasteiger charge is -2.24. The normalized spacial score (nSPS) is 16.0. The van der Waals surface area contributed by atoms with Crippen molar-refractivity contribution < 1.29 is 14.6 Å². The maximum Gasteiger partial charge on any atom is 0.338 e. The Kier molecular flexibility index (Phi) is 6.50. The molecule has 0 unspecified atom stereocenters. The van der Waals surface area contributed by atoms with Crippen molar-refractivity contribution in [2.24, 2.45) is 4.99 Å². The van der Waals surface area contributed by atoms with E-state index in [-0.39, 0.29) is 17.9 Å². The highest BCUT2D eigenvalue weighted by molar-refractivity contribution is 9.10. The fourth-order valence-electron chi connectivity index (χ4n) is 3.53. The molecule has 6 nitrogen and oxygen atoms in total. The van der Waals surface area contributed by atoms with Gasteiger partial charge in [0.2, 0.25) is 0 Å². The molecule has 0 aliphatic carbocycles. The van der Waals surface area contributed by atoms with E-state index in [2.05, 4.69) is 36.9 Å². The number of phenolic OH excluding ortho intramolecular Hbond substituents is 1. The summed E-state index contributed by atoms with van der Waals surface area (Å²) in [6.45, 7) is 3.70. The Hall–Kier alpha value is -2.49. The summed E-state index contributed by atoms with van der Waals surface area (Å²) in [6.07, 6.45) is 1.63. The lowest BCUT2D eigenvalue weighted by Crippen LogP contribution is -2.39. The highest BCUT2D eigenvalue weighted by Gasteiger charge is 2.33. The highest BCUT2D eigenvalue weighted by Crippen LogP contribution is 2.31. The Labute approximate surface area is 204 Å². The number of phenols is 1. The maximum atomic E-state index is 13.5. The number of allylic oxidation sites excluding steroid dienone is 1. The van der Waals surface area contributed by atoms with E-state index in [1.807, 2.05) is 24.3 Å². The van der Waals surface area contributed by atoms with E-state index < -0.39 is 12.0 Å². The Morgan fingerprint density at radius 2 is 1.91 bits per heavy atom. The van der Waals surface area contributed by atoms with Crippen LogP contribution in [0, 0.1) is 0 Å². The lowest BCUT2D eigenvalue weighted by atomic mass is 9.96. The molecule has 1 N–H and O–H groups in total. The van der Waals surface area contributed by atoms with E-state index in [0.29, 0.717) is 26.2 Å². The van der Waals surface area contributed by atoms with Crippen molar-refractivity contribution in [2.45, 2.75) is 19.9 Å². The summed E-state index contributed by atoms with van der Waals surface area (Å²) in [7, 11) is 0. The zero-order valence-corrected chi connectivity index (χ0v) is 21.1. The summed E-state index contributed by atoms with van der Waals surface area (Å²) in [4.78, 5) is 31.4. The molecule has 32 heavy (non-hydrogen) atoms. The first-order valence-corrected chi connectivity index (χ1v) is 12.1. The van der Waals surface area contributed by atoms with Crippen LogP contribution in [0.2, 0.25) is 0 Å². The van der Waals surface area contributed by atoms with Crippen LogP contribution in [0.3, 0.4) is 0 Å². The number of aromatic nitrogens is 1. The second-order valence-electron chi connectivity index (χ2n) is 7.06. The Balaban J connectivity index is 1.97. The average molecular weight is 578 g/mol. The Morgan fingerprint density at radius 1 is 1.22 bits per heavy atom. The fourth-order valence-corrected chi connectivity index (χ4v) is 5.21. The van der Waals surface area contributed by atoms with Crippen molar-refractivity contribution in [2.75, 3.05) is 6.61 Å². The third-order valence-corrected chi connectivity index (χ3v) is 6.98. The average Bonchev–Trinajstić information content (AvgIpc) is 3.05. The molecule has 3 aromatic rings. The summed E-state index contributed by atoms with van der Waals surface area (Å²) in [5.74, 6) is -0.438. The lowest BCUT2D eigenvalue weighted by molar-refractivity contribution is -0.139. The summed E-state index contributed by atoms with van der Waals surface area (Å²) in [5, 5.41) is 10.2. The van der Waals surface area contributed by atoms with Crippen molar-refractivity contribution in [1.29, 1.82) is 0 Å². The number of carbonyl (C=O) groups is 1. The van der Waals surface area contributed by atoms with Crippen molar-refractivity contribution in [3.05, 3.63) is 93.5 Å². The molecule has 164 valence electrons. The molecule has 0 bridgehead atoms. The number of carbonyl (C=O) groups excluding carboxylic acids is 1. The molecule has 9 heteroatoms. The predicted octanol–water partition coefficient (Wildman–Crippen LogP) is 4.03. The van der Waals surface area contributed by atoms with Gasteiger partial charge in [-0.2, -0.15) is 0 Å². The summed E-state index contributed by atoms with van der Waals surface area (Å²) < 4.78 is 8.88. The van der Waals surface area contributed by atoms with Crippen LogP contribution in [0.25, 0.3) is 6.08 Å². The zero-order chi connectivity index (χ0) is 23.0. The molecule has 4 rings (SSSR count). The zero-order valence-electron chi connectivity index (χ0n) is 17.1. The molecule has 2 heterocycles. The topological polar surface area (TPSA) is 80.9 Å². The standard InChI is InChI=1S/C23H18Br2N2O4S/c1-3-31-22(30)19-12(2)26-23-27(20(19)13-4-6-15(24)7-5-13)21(29)18(32-23)11-14-10-16(25)8-9-17(14)28/h4-11,20,28H,3H2,1-2H3/b18-11-/t20-/m1/s1. The maximum absolute atomic E-state index is 13.5. The van der Waals surface area contributed by atoms with Crippen LogP contribution in [-0.4, -0.2) is 22.2 Å². The first kappa shape index (κ1) is 22.7. The minimum absolute atomic E-state index is 0.0619. The summed E-state index contributed by atoms with van der Waals surface area (Å²) in [5.41, 5.74) is 1.82. The van der Waals surface area contributed by atoms with Crippen LogP contribution in [0.5, 0.6) is 5.75 Å². The van der Waals surface area contributed by atoms with Gasteiger partial charge in [0.1, 0.15) is 5.75 Å². The highest BCUT2D eigenvalue weighted by atomic mass is 79.9. The molecule has 0 spiro atoms. The number of benzene rings is 2. The van der Waals surface area contributed by atoms with Crippen LogP contribution >= 0.6 is 43.2 Å². The number of fused-ring (bicyclic) bond motifs is 1. The van der Waals surface area contributed by atoms with E-state index in [9.17, 15) is 14.7 Å². The van der Waals surface area contributed by atoms with Gasteiger partial charge in [0.05, 0.1) is 28.5 Å². The van der Waals surface area contributed by atoms with Gasteiger partial charge in [0, 0.05) is 14.5 Å². The number of aromatic hydroxyl groups is 1. The second kappa shape index (κ2) is 9.17. The Morgan fingerprint density at radius 3 is 2.59 bits per heavy atom. The van der Waals surface area contributed by atoms with E-state index in [1.54, 1.807) is 38.1 Å². The van der Waals surface area contributed by atoms with E-state index >= 15 is 0 Å². The third kappa shape index (κ3) is 4.24. The molecule has 0 radical (unpaired) electrons. The number of ether oxygens (including phenoxy) is 1. The van der Waals surface area contributed by atoms with Crippen molar-refractivity contribution >= 4 is 55.2 Å². The van der Waals surface area contributed by atoms with E-state index in [4.69, 9.17) is 4.74 Å². The molecule has 0 saturated heterocycles. The van der Waals surface area contributed by atoms with Gasteiger partial charge in [-0.05, 0) is 55.8 Å². The molecule has 0 fully saturated rings. The van der Waals surface area contributed by atoms with Gasteiger partial charge in [-0.25, -0.2) is 9.79 Å². The van der Waals surface area contributed by atoms with Gasteiger partial charge in [0.25, 0.3) is 5.56 Å². The molecule has 0 saturated carbocycles. The SMILES string of the molecule is CCOC(=O)C1=C(C)N=c2s/c(=C\c3cc(Br)ccc3O)c(=O)n2[C@@H]1c1ccc(Br)cc1. The van der Waals surface area contributed by atoms with Gasteiger partial charge in [-0.3, -0.25) is 9.36 Å².